The molecule has 0 unspecified atom stereocenters. The van der Waals surface area contributed by atoms with Crippen molar-refractivity contribution in [3.8, 4) is 5.75 Å². The van der Waals surface area contributed by atoms with Crippen LogP contribution in [0.3, 0.4) is 0 Å². The molecule has 1 fully saturated rings. The number of hydrogen-bond donors (Lipinski definition) is 2. The van der Waals surface area contributed by atoms with Gasteiger partial charge in [-0.2, -0.15) is 0 Å². The van der Waals surface area contributed by atoms with Gasteiger partial charge in [0.1, 0.15) is 12.4 Å². The highest BCUT2D eigenvalue weighted by Gasteiger charge is 2.44. The van der Waals surface area contributed by atoms with Crippen molar-refractivity contribution in [2.75, 3.05) is 59.2 Å². The lowest BCUT2D eigenvalue weighted by Crippen LogP contribution is -2.50. The van der Waals surface area contributed by atoms with Gasteiger partial charge < -0.3 is 24.6 Å². The highest BCUT2D eigenvalue weighted by molar-refractivity contribution is 6.00. The van der Waals surface area contributed by atoms with Crippen molar-refractivity contribution in [2.24, 2.45) is 10.1 Å². The van der Waals surface area contributed by atoms with Crippen LogP contribution in [0, 0.1) is 0 Å². The second kappa shape index (κ2) is 13.1. The molecule has 2 aromatic carbocycles. The number of aliphatic hydroxyl groups excluding tert-OH is 1. The van der Waals surface area contributed by atoms with E-state index in [2.05, 4.69) is 20.2 Å². The van der Waals surface area contributed by atoms with Gasteiger partial charge >= 0.3 is 0 Å². The van der Waals surface area contributed by atoms with E-state index in [-0.39, 0.29) is 25.5 Å². The minimum absolute atomic E-state index is 0.0606. The Morgan fingerprint density at radius 1 is 1.22 bits per heavy atom. The van der Waals surface area contributed by atoms with Crippen LogP contribution in [0.25, 0.3) is 10.4 Å². The number of azide groups is 1. The van der Waals surface area contributed by atoms with Crippen LogP contribution in [0.4, 0.5) is 5.69 Å². The Labute approximate surface area is 215 Å². The Morgan fingerprint density at radius 3 is 2.76 bits per heavy atom. The molecule has 1 atom stereocenters. The van der Waals surface area contributed by atoms with Crippen molar-refractivity contribution in [1.29, 1.82) is 0 Å². The summed E-state index contributed by atoms with van der Waals surface area (Å²) in [5.41, 5.74) is 9.67. The van der Waals surface area contributed by atoms with Crippen LogP contribution < -0.4 is 10.1 Å². The Morgan fingerprint density at radius 2 is 2.00 bits per heavy atom. The van der Waals surface area contributed by atoms with Crippen LogP contribution in [-0.4, -0.2) is 86.6 Å². The van der Waals surface area contributed by atoms with Crippen LogP contribution in [0.15, 0.2) is 58.6 Å². The number of carbonyl (C=O) groups is 1. The van der Waals surface area contributed by atoms with Gasteiger partial charge in [-0.25, -0.2) is 4.99 Å². The summed E-state index contributed by atoms with van der Waals surface area (Å²) in [4.78, 5) is 23.5. The fourth-order valence-corrected chi connectivity index (χ4v) is 4.27. The molecule has 4 rings (SSSR count). The molecule has 0 radical (unpaired) electrons. The summed E-state index contributed by atoms with van der Waals surface area (Å²) >= 11 is 0. The standard InChI is InChI=1S/C26H32N6O5/c27-31-30-23-5-2-1-4-21(23)18-26(25(34)28-10-11-32-12-16-35-17-13-32)19-37-24(29-26)20-6-8-22(9-7-20)36-15-3-14-33/h1-2,4-9,33H,3,10-19H2,(H,28,34)/t26-/m1/s1. The van der Waals surface area contributed by atoms with Gasteiger partial charge in [0.2, 0.25) is 5.90 Å². The number of ether oxygens (including phenoxy) is 3. The zero-order chi connectivity index (χ0) is 25.9. The van der Waals surface area contributed by atoms with Gasteiger partial charge in [-0.15, -0.1) is 0 Å². The Bertz CT molecular complexity index is 1130. The summed E-state index contributed by atoms with van der Waals surface area (Å²) in [6.45, 7) is 4.82. The van der Waals surface area contributed by atoms with Crippen LogP contribution in [0.5, 0.6) is 5.75 Å². The first-order valence-corrected chi connectivity index (χ1v) is 12.4. The number of benzene rings is 2. The Kier molecular flexibility index (Phi) is 9.34. The first kappa shape index (κ1) is 26.4. The van der Waals surface area contributed by atoms with E-state index in [1.54, 1.807) is 24.3 Å². The maximum Gasteiger partial charge on any atom is 0.252 e. The molecule has 2 heterocycles. The molecule has 0 spiro atoms. The fraction of sp³-hybridized carbons (Fsp3) is 0.462. The van der Waals surface area contributed by atoms with Crippen molar-refractivity contribution in [3.05, 3.63) is 70.1 Å². The predicted octanol–water partition coefficient (Wildman–Crippen LogP) is 2.60. The molecule has 0 aromatic heterocycles. The highest BCUT2D eigenvalue weighted by Crippen LogP contribution is 2.31. The molecule has 1 saturated heterocycles. The van der Waals surface area contributed by atoms with E-state index in [4.69, 9.17) is 29.8 Å². The van der Waals surface area contributed by atoms with E-state index in [0.717, 1.165) is 25.2 Å². The van der Waals surface area contributed by atoms with Gasteiger partial charge in [-0.1, -0.05) is 29.4 Å². The zero-order valence-corrected chi connectivity index (χ0v) is 20.7. The smallest absolute Gasteiger partial charge is 0.252 e. The number of nitrogens with zero attached hydrogens (tertiary/aromatic N) is 5. The zero-order valence-electron chi connectivity index (χ0n) is 20.7. The van der Waals surface area contributed by atoms with E-state index in [1.807, 2.05) is 24.3 Å². The molecular formula is C26H32N6O5. The molecule has 2 N–H and O–H groups in total. The normalized spacial score (nSPS) is 19.4. The summed E-state index contributed by atoms with van der Waals surface area (Å²) in [5.74, 6) is 0.799. The van der Waals surface area contributed by atoms with Crippen molar-refractivity contribution in [2.45, 2.75) is 18.4 Å². The van der Waals surface area contributed by atoms with E-state index in [0.29, 0.717) is 55.7 Å². The number of amides is 1. The average Bonchev–Trinajstić information content (AvgIpc) is 3.36. The van der Waals surface area contributed by atoms with Gasteiger partial charge in [0.25, 0.3) is 5.91 Å². The summed E-state index contributed by atoms with van der Waals surface area (Å²) in [7, 11) is 0. The number of carbonyl (C=O) groups excluding carboxylic acids is 1. The lowest BCUT2D eigenvalue weighted by Gasteiger charge is -2.28. The number of aliphatic imine (C=N–C) groups is 1. The third-order valence-electron chi connectivity index (χ3n) is 6.30. The molecule has 37 heavy (non-hydrogen) atoms. The molecule has 196 valence electrons. The van der Waals surface area contributed by atoms with Gasteiger partial charge in [0.05, 0.1) is 19.8 Å². The molecule has 2 aromatic rings. The quantitative estimate of drug-likeness (QED) is 0.195. The molecule has 0 aliphatic carbocycles. The molecule has 2 aliphatic heterocycles. The SMILES string of the molecule is [N-]=[N+]=Nc1ccccc1C[C@]1(C(=O)NCCN2CCOCC2)COC(c2ccc(OCCCO)cc2)=N1. The molecule has 0 saturated carbocycles. The lowest BCUT2D eigenvalue weighted by atomic mass is 9.90. The first-order chi connectivity index (χ1) is 18.1. The molecule has 2 aliphatic rings. The van der Waals surface area contributed by atoms with Crippen LogP contribution in [0.1, 0.15) is 17.5 Å². The average molecular weight is 509 g/mol. The topological polar surface area (TPSA) is 141 Å². The van der Waals surface area contributed by atoms with Gasteiger partial charge in [-0.05, 0) is 35.4 Å². The van der Waals surface area contributed by atoms with Crippen molar-refractivity contribution >= 4 is 17.5 Å². The molecule has 0 bridgehead atoms. The third-order valence-corrected chi connectivity index (χ3v) is 6.30. The third kappa shape index (κ3) is 6.99. The fourth-order valence-electron chi connectivity index (χ4n) is 4.27. The lowest BCUT2D eigenvalue weighted by molar-refractivity contribution is -0.126. The number of rotatable bonds is 12. The predicted molar refractivity (Wildman–Crippen MR) is 138 cm³/mol. The summed E-state index contributed by atoms with van der Waals surface area (Å²) < 4.78 is 17.0. The second-order valence-electron chi connectivity index (χ2n) is 8.89. The van der Waals surface area contributed by atoms with Crippen LogP contribution in [-0.2, 0) is 20.7 Å². The number of morpholine rings is 1. The highest BCUT2D eigenvalue weighted by atomic mass is 16.5. The molecular weight excluding hydrogens is 476 g/mol. The Hall–Kier alpha value is -3.63. The van der Waals surface area contributed by atoms with E-state index < -0.39 is 5.54 Å². The van der Waals surface area contributed by atoms with Gasteiger partial charge in [0.15, 0.2) is 5.54 Å². The Balaban J connectivity index is 1.53. The minimum Gasteiger partial charge on any atom is -0.494 e. The summed E-state index contributed by atoms with van der Waals surface area (Å²) in [5, 5.41) is 15.8. The van der Waals surface area contributed by atoms with E-state index in [1.165, 1.54) is 0 Å². The second-order valence-corrected chi connectivity index (χ2v) is 8.89. The minimum atomic E-state index is -1.21. The summed E-state index contributed by atoms with van der Waals surface area (Å²) in [6.07, 6.45) is 0.773. The molecule has 11 heteroatoms. The van der Waals surface area contributed by atoms with Gasteiger partial charge in [0, 0.05) is 61.8 Å². The molecule has 1 amide bonds. The van der Waals surface area contributed by atoms with Crippen LogP contribution in [0.2, 0.25) is 0 Å². The number of hydrogen-bond acceptors (Lipinski definition) is 8. The first-order valence-electron chi connectivity index (χ1n) is 12.4. The number of aliphatic hydroxyl groups is 1. The van der Waals surface area contributed by atoms with Crippen LogP contribution >= 0.6 is 0 Å². The maximum atomic E-state index is 13.6. The monoisotopic (exact) mass is 508 g/mol. The van der Waals surface area contributed by atoms with E-state index in [9.17, 15) is 4.79 Å². The number of nitrogens with one attached hydrogen (secondary N) is 1. The largest absolute Gasteiger partial charge is 0.494 e. The summed E-state index contributed by atoms with van der Waals surface area (Å²) in [6, 6.07) is 14.4. The van der Waals surface area contributed by atoms with Crippen molar-refractivity contribution in [3.63, 3.8) is 0 Å². The van der Waals surface area contributed by atoms with Crippen molar-refractivity contribution < 1.29 is 24.1 Å². The van der Waals surface area contributed by atoms with Gasteiger partial charge in [-0.3, -0.25) is 9.69 Å². The molecule has 11 nitrogen and oxygen atoms in total. The van der Waals surface area contributed by atoms with E-state index >= 15 is 0 Å². The maximum absolute atomic E-state index is 13.6. The van der Waals surface area contributed by atoms with Crippen molar-refractivity contribution in [1.82, 2.24) is 10.2 Å².